The van der Waals surface area contributed by atoms with Crippen molar-refractivity contribution in [1.29, 1.82) is 0 Å². The summed E-state index contributed by atoms with van der Waals surface area (Å²) in [6.07, 6.45) is 4.93. The van der Waals surface area contributed by atoms with Gasteiger partial charge in [-0.2, -0.15) is 0 Å². The lowest BCUT2D eigenvalue weighted by atomic mass is 9.88. The van der Waals surface area contributed by atoms with Crippen molar-refractivity contribution in [3.05, 3.63) is 34.9 Å². The molecule has 1 amide bonds. The number of benzene rings is 1. The highest BCUT2D eigenvalue weighted by atomic mass is 16.2. The molecule has 20 heavy (non-hydrogen) atoms. The molecular formula is C17H26N2O. The molecule has 0 aliphatic heterocycles. The van der Waals surface area contributed by atoms with Crippen LogP contribution in [-0.2, 0) is 17.6 Å². The molecule has 1 aromatic carbocycles. The summed E-state index contributed by atoms with van der Waals surface area (Å²) in [5, 5.41) is 3.08. The average Bonchev–Trinajstić information content (AvgIpc) is 2.46. The van der Waals surface area contributed by atoms with Gasteiger partial charge >= 0.3 is 0 Å². The molecule has 2 rings (SSSR count). The molecule has 1 atom stereocenters. The minimum atomic E-state index is -0.511. The van der Waals surface area contributed by atoms with Crippen LogP contribution in [-0.4, -0.2) is 12.5 Å². The normalized spacial score (nSPS) is 16.4. The van der Waals surface area contributed by atoms with Crippen LogP contribution in [0.15, 0.2) is 18.2 Å². The van der Waals surface area contributed by atoms with E-state index in [-0.39, 0.29) is 11.9 Å². The average molecular weight is 274 g/mol. The molecule has 1 aliphatic rings. The first-order valence-corrected chi connectivity index (χ1v) is 7.57. The van der Waals surface area contributed by atoms with E-state index in [4.69, 9.17) is 5.73 Å². The number of carbonyl (C=O) groups excluding carboxylic acids is 1. The van der Waals surface area contributed by atoms with E-state index in [1.807, 2.05) is 20.8 Å². The number of carbonyl (C=O) groups is 1. The molecule has 0 saturated carbocycles. The largest absolute Gasteiger partial charge is 0.349 e. The highest BCUT2D eigenvalue weighted by molar-refractivity contribution is 5.82. The Morgan fingerprint density at radius 3 is 2.60 bits per heavy atom. The zero-order valence-corrected chi connectivity index (χ0v) is 12.8. The van der Waals surface area contributed by atoms with Crippen LogP contribution in [0.2, 0.25) is 0 Å². The Hall–Kier alpha value is -1.35. The third kappa shape index (κ3) is 3.21. The fourth-order valence-corrected chi connectivity index (χ4v) is 2.59. The number of fused-ring (bicyclic) bond motifs is 1. The summed E-state index contributed by atoms with van der Waals surface area (Å²) in [4.78, 5) is 12.2. The number of amides is 1. The highest BCUT2D eigenvalue weighted by Gasteiger charge is 2.27. The van der Waals surface area contributed by atoms with Crippen molar-refractivity contribution in [2.75, 3.05) is 6.54 Å². The Kier molecular flexibility index (Phi) is 4.48. The standard InChI is InChI=1S/C17H26N2O/c1-12(19-16(20)17(2,3)11-18)14-9-8-13-6-4-5-7-15(13)10-14/h8-10,12H,4-7,11,18H2,1-3H3,(H,19,20). The van der Waals surface area contributed by atoms with Crippen molar-refractivity contribution in [2.24, 2.45) is 11.1 Å². The smallest absolute Gasteiger partial charge is 0.227 e. The summed E-state index contributed by atoms with van der Waals surface area (Å²) in [5.74, 6) is 0.0187. The Labute approximate surface area is 121 Å². The lowest BCUT2D eigenvalue weighted by Crippen LogP contribution is -2.42. The summed E-state index contributed by atoms with van der Waals surface area (Å²) < 4.78 is 0. The van der Waals surface area contributed by atoms with E-state index in [0.29, 0.717) is 6.54 Å². The van der Waals surface area contributed by atoms with Gasteiger partial charge in [0.25, 0.3) is 0 Å². The van der Waals surface area contributed by atoms with Crippen molar-refractivity contribution >= 4 is 5.91 Å². The Morgan fingerprint density at radius 2 is 1.95 bits per heavy atom. The zero-order chi connectivity index (χ0) is 14.8. The van der Waals surface area contributed by atoms with Crippen LogP contribution in [0.3, 0.4) is 0 Å². The van der Waals surface area contributed by atoms with E-state index < -0.39 is 5.41 Å². The second-order valence-corrected chi connectivity index (χ2v) is 6.52. The summed E-state index contributed by atoms with van der Waals surface area (Å²) in [5.41, 5.74) is 9.25. The van der Waals surface area contributed by atoms with E-state index in [9.17, 15) is 4.79 Å². The molecule has 1 aromatic rings. The van der Waals surface area contributed by atoms with Gasteiger partial charge in [0.05, 0.1) is 11.5 Å². The van der Waals surface area contributed by atoms with Gasteiger partial charge in [-0.1, -0.05) is 18.2 Å². The van der Waals surface area contributed by atoms with E-state index >= 15 is 0 Å². The van der Waals surface area contributed by atoms with E-state index in [0.717, 1.165) is 6.42 Å². The van der Waals surface area contributed by atoms with Gasteiger partial charge in [-0.15, -0.1) is 0 Å². The van der Waals surface area contributed by atoms with E-state index in [1.165, 1.54) is 36.0 Å². The summed E-state index contributed by atoms with van der Waals surface area (Å²) >= 11 is 0. The summed E-state index contributed by atoms with van der Waals surface area (Å²) in [6, 6.07) is 6.65. The lowest BCUT2D eigenvalue weighted by Gasteiger charge is -2.25. The predicted molar refractivity (Wildman–Crippen MR) is 82.5 cm³/mol. The molecule has 0 radical (unpaired) electrons. The molecule has 3 N–H and O–H groups in total. The Balaban J connectivity index is 2.10. The number of rotatable bonds is 4. The number of nitrogens with two attached hydrogens (primary N) is 1. The summed E-state index contributed by atoms with van der Waals surface area (Å²) in [6.45, 7) is 6.15. The second-order valence-electron chi connectivity index (χ2n) is 6.52. The maximum absolute atomic E-state index is 12.2. The van der Waals surface area contributed by atoms with E-state index in [2.05, 4.69) is 23.5 Å². The van der Waals surface area contributed by atoms with Gasteiger partial charge in [-0.05, 0) is 63.1 Å². The zero-order valence-electron chi connectivity index (χ0n) is 12.8. The highest BCUT2D eigenvalue weighted by Crippen LogP contribution is 2.25. The third-order valence-electron chi connectivity index (χ3n) is 4.35. The first kappa shape index (κ1) is 15.0. The third-order valence-corrected chi connectivity index (χ3v) is 4.35. The van der Waals surface area contributed by atoms with Gasteiger partial charge in [0.15, 0.2) is 0 Å². The lowest BCUT2D eigenvalue weighted by molar-refractivity contribution is -0.129. The molecule has 0 spiro atoms. The van der Waals surface area contributed by atoms with Crippen LogP contribution >= 0.6 is 0 Å². The summed E-state index contributed by atoms with van der Waals surface area (Å²) in [7, 11) is 0. The fourth-order valence-electron chi connectivity index (χ4n) is 2.59. The van der Waals surface area contributed by atoms with Gasteiger partial charge in [0, 0.05) is 6.54 Å². The van der Waals surface area contributed by atoms with Crippen LogP contribution in [0, 0.1) is 5.41 Å². The second kappa shape index (κ2) is 5.96. The first-order chi connectivity index (χ1) is 9.44. The van der Waals surface area contributed by atoms with Gasteiger partial charge in [0.1, 0.15) is 0 Å². The number of hydrogen-bond acceptors (Lipinski definition) is 2. The molecule has 0 bridgehead atoms. The minimum absolute atomic E-state index is 0.0187. The van der Waals surface area contributed by atoms with Crippen LogP contribution in [0.5, 0.6) is 0 Å². The Morgan fingerprint density at radius 1 is 1.30 bits per heavy atom. The first-order valence-electron chi connectivity index (χ1n) is 7.57. The Bertz CT molecular complexity index is 494. The van der Waals surface area contributed by atoms with Gasteiger partial charge < -0.3 is 11.1 Å². The topological polar surface area (TPSA) is 55.1 Å². The molecule has 0 aromatic heterocycles. The molecule has 0 heterocycles. The van der Waals surface area contributed by atoms with Gasteiger partial charge in [0.2, 0.25) is 5.91 Å². The van der Waals surface area contributed by atoms with Crippen molar-refractivity contribution in [3.8, 4) is 0 Å². The molecule has 1 aliphatic carbocycles. The van der Waals surface area contributed by atoms with Gasteiger partial charge in [-0.3, -0.25) is 4.79 Å². The van der Waals surface area contributed by atoms with Crippen molar-refractivity contribution in [1.82, 2.24) is 5.32 Å². The fraction of sp³-hybridized carbons (Fsp3) is 0.588. The van der Waals surface area contributed by atoms with Crippen LogP contribution < -0.4 is 11.1 Å². The molecule has 3 nitrogen and oxygen atoms in total. The SMILES string of the molecule is CC(NC(=O)C(C)(C)CN)c1ccc2c(c1)CCCC2. The predicted octanol–water partition coefficient (Wildman–Crippen LogP) is 2.73. The quantitative estimate of drug-likeness (QED) is 0.887. The molecule has 110 valence electrons. The molecular weight excluding hydrogens is 248 g/mol. The van der Waals surface area contributed by atoms with Gasteiger partial charge in [-0.25, -0.2) is 0 Å². The molecule has 3 heteroatoms. The maximum Gasteiger partial charge on any atom is 0.227 e. The number of nitrogens with one attached hydrogen (secondary N) is 1. The van der Waals surface area contributed by atoms with Crippen molar-refractivity contribution in [3.63, 3.8) is 0 Å². The monoisotopic (exact) mass is 274 g/mol. The van der Waals surface area contributed by atoms with E-state index in [1.54, 1.807) is 0 Å². The van der Waals surface area contributed by atoms with Crippen molar-refractivity contribution in [2.45, 2.75) is 52.5 Å². The molecule has 0 fully saturated rings. The molecule has 0 saturated heterocycles. The van der Waals surface area contributed by atoms with Crippen LogP contribution in [0.4, 0.5) is 0 Å². The van der Waals surface area contributed by atoms with Crippen molar-refractivity contribution < 1.29 is 4.79 Å². The van der Waals surface area contributed by atoms with Crippen LogP contribution in [0.1, 0.15) is 56.3 Å². The number of hydrogen-bond donors (Lipinski definition) is 2. The minimum Gasteiger partial charge on any atom is -0.349 e. The number of aryl methyl sites for hydroxylation is 2. The maximum atomic E-state index is 12.2. The van der Waals surface area contributed by atoms with Crippen LogP contribution in [0.25, 0.3) is 0 Å². The molecule has 1 unspecified atom stereocenters.